The maximum Gasteiger partial charge on any atom is 0.248 e. The summed E-state index contributed by atoms with van der Waals surface area (Å²) in [6, 6.07) is -0.501. The van der Waals surface area contributed by atoms with Crippen LogP contribution in [0, 0.1) is 6.92 Å². The number of hydrogen-bond donors (Lipinski definition) is 1. The molecule has 2 aromatic rings. The lowest BCUT2D eigenvalue weighted by atomic mass is 10.1. The normalized spacial score (nSPS) is 19.0. The molecule has 0 saturated heterocycles. The SMILES string of the molecule is CNC1C(=O)N(Cc2cnc(C)o2)CCc2ncoc21. The summed E-state index contributed by atoms with van der Waals surface area (Å²) in [5, 5.41) is 2.99. The van der Waals surface area contributed by atoms with E-state index >= 15 is 0 Å². The highest BCUT2D eigenvalue weighted by Gasteiger charge is 2.33. The van der Waals surface area contributed by atoms with E-state index < -0.39 is 6.04 Å². The molecule has 20 heavy (non-hydrogen) atoms. The molecule has 7 heteroatoms. The van der Waals surface area contributed by atoms with Crippen LogP contribution in [-0.4, -0.2) is 34.4 Å². The Morgan fingerprint density at radius 2 is 2.35 bits per heavy atom. The Hall–Kier alpha value is -2.15. The van der Waals surface area contributed by atoms with Crippen LogP contribution in [0.4, 0.5) is 0 Å². The second-order valence-corrected chi connectivity index (χ2v) is 4.74. The second-order valence-electron chi connectivity index (χ2n) is 4.74. The third kappa shape index (κ3) is 2.20. The Morgan fingerprint density at radius 1 is 1.50 bits per heavy atom. The molecule has 7 nitrogen and oxygen atoms in total. The molecule has 0 aliphatic carbocycles. The molecule has 1 aliphatic heterocycles. The number of nitrogens with zero attached hydrogens (tertiary/aromatic N) is 3. The maximum atomic E-state index is 12.6. The number of carbonyl (C=O) groups excluding carboxylic acids is 1. The topological polar surface area (TPSA) is 84.4 Å². The fraction of sp³-hybridized carbons (Fsp3) is 0.462. The Kier molecular flexibility index (Phi) is 3.27. The van der Waals surface area contributed by atoms with Crippen molar-refractivity contribution in [1.82, 2.24) is 20.2 Å². The number of oxazole rings is 2. The monoisotopic (exact) mass is 276 g/mol. The number of rotatable bonds is 3. The maximum absolute atomic E-state index is 12.6. The Balaban J connectivity index is 1.84. The van der Waals surface area contributed by atoms with Gasteiger partial charge in [0.25, 0.3) is 0 Å². The van der Waals surface area contributed by atoms with Crippen LogP contribution in [0.5, 0.6) is 0 Å². The van der Waals surface area contributed by atoms with Gasteiger partial charge in [-0.15, -0.1) is 0 Å². The van der Waals surface area contributed by atoms with Gasteiger partial charge in [-0.25, -0.2) is 9.97 Å². The summed E-state index contributed by atoms with van der Waals surface area (Å²) in [5.74, 6) is 1.84. The molecular formula is C13H16N4O3. The van der Waals surface area contributed by atoms with Crippen molar-refractivity contribution >= 4 is 5.91 Å². The van der Waals surface area contributed by atoms with Crippen molar-refractivity contribution in [1.29, 1.82) is 0 Å². The standard InChI is InChI=1S/C13H16N4O3/c1-8-15-5-9(20-8)6-17-4-3-10-12(19-7-16-10)11(14-2)13(17)18/h5,7,11,14H,3-4,6H2,1-2H3. The predicted octanol–water partition coefficient (Wildman–Crippen LogP) is 0.816. The van der Waals surface area contributed by atoms with Crippen molar-refractivity contribution in [3.05, 3.63) is 35.7 Å². The predicted molar refractivity (Wildman–Crippen MR) is 68.7 cm³/mol. The lowest BCUT2D eigenvalue weighted by Crippen LogP contribution is -2.38. The molecule has 0 radical (unpaired) electrons. The smallest absolute Gasteiger partial charge is 0.248 e. The summed E-state index contributed by atoms with van der Waals surface area (Å²) in [5.41, 5.74) is 0.828. The molecule has 0 bridgehead atoms. The summed E-state index contributed by atoms with van der Waals surface area (Å²) >= 11 is 0. The minimum Gasteiger partial charge on any atom is -0.446 e. The summed E-state index contributed by atoms with van der Waals surface area (Å²) in [6.07, 6.45) is 3.71. The molecule has 1 unspecified atom stereocenters. The largest absolute Gasteiger partial charge is 0.446 e. The van der Waals surface area contributed by atoms with Gasteiger partial charge in [0, 0.05) is 19.9 Å². The Labute approximate surface area is 116 Å². The highest BCUT2D eigenvalue weighted by atomic mass is 16.4. The average molecular weight is 276 g/mol. The Morgan fingerprint density at radius 3 is 3.05 bits per heavy atom. The van der Waals surface area contributed by atoms with E-state index in [-0.39, 0.29) is 5.91 Å². The molecule has 1 amide bonds. The quantitative estimate of drug-likeness (QED) is 0.893. The van der Waals surface area contributed by atoms with Crippen LogP contribution < -0.4 is 5.32 Å². The molecule has 2 aromatic heterocycles. The van der Waals surface area contributed by atoms with Crippen LogP contribution in [0.2, 0.25) is 0 Å². The highest BCUT2D eigenvalue weighted by Crippen LogP contribution is 2.24. The number of aryl methyl sites for hydroxylation is 1. The lowest BCUT2D eigenvalue weighted by Gasteiger charge is -2.22. The molecule has 1 N–H and O–H groups in total. The summed E-state index contributed by atoms with van der Waals surface area (Å²) in [6.45, 7) is 2.77. The molecule has 106 valence electrons. The number of carbonyl (C=O) groups is 1. The fourth-order valence-electron chi connectivity index (χ4n) is 2.42. The molecule has 0 aromatic carbocycles. The van der Waals surface area contributed by atoms with Crippen molar-refractivity contribution < 1.29 is 13.6 Å². The van der Waals surface area contributed by atoms with E-state index in [2.05, 4.69) is 15.3 Å². The summed E-state index contributed by atoms with van der Waals surface area (Å²) in [7, 11) is 1.73. The molecule has 0 saturated carbocycles. The molecule has 0 spiro atoms. The van der Waals surface area contributed by atoms with Gasteiger partial charge >= 0.3 is 0 Å². The number of aromatic nitrogens is 2. The zero-order valence-electron chi connectivity index (χ0n) is 11.4. The zero-order chi connectivity index (χ0) is 14.1. The van der Waals surface area contributed by atoms with Crippen molar-refractivity contribution in [2.45, 2.75) is 25.9 Å². The van der Waals surface area contributed by atoms with E-state index in [1.165, 1.54) is 6.39 Å². The highest BCUT2D eigenvalue weighted by molar-refractivity contribution is 5.83. The van der Waals surface area contributed by atoms with Gasteiger partial charge in [0.2, 0.25) is 5.91 Å². The van der Waals surface area contributed by atoms with Gasteiger partial charge in [0.1, 0.15) is 11.8 Å². The first-order chi connectivity index (χ1) is 9.69. The van der Waals surface area contributed by atoms with Crippen LogP contribution >= 0.6 is 0 Å². The van der Waals surface area contributed by atoms with E-state index in [1.807, 2.05) is 0 Å². The molecule has 3 rings (SSSR count). The number of likely N-dealkylation sites (N-methyl/N-ethyl adjacent to an activating group) is 1. The van der Waals surface area contributed by atoms with Crippen molar-refractivity contribution in [2.24, 2.45) is 0 Å². The first kappa shape index (κ1) is 12.9. The van der Waals surface area contributed by atoms with E-state index in [9.17, 15) is 4.79 Å². The van der Waals surface area contributed by atoms with Crippen molar-refractivity contribution in [3.63, 3.8) is 0 Å². The minimum absolute atomic E-state index is 0.0444. The minimum atomic E-state index is -0.501. The summed E-state index contributed by atoms with van der Waals surface area (Å²) in [4.78, 5) is 22.5. The van der Waals surface area contributed by atoms with Gasteiger partial charge < -0.3 is 19.1 Å². The third-order valence-corrected chi connectivity index (χ3v) is 3.42. The van der Waals surface area contributed by atoms with Crippen LogP contribution in [0.25, 0.3) is 0 Å². The first-order valence-corrected chi connectivity index (χ1v) is 6.48. The molecular weight excluding hydrogens is 260 g/mol. The Bertz CT molecular complexity index is 619. The first-order valence-electron chi connectivity index (χ1n) is 6.48. The van der Waals surface area contributed by atoms with E-state index in [0.29, 0.717) is 36.9 Å². The van der Waals surface area contributed by atoms with Crippen molar-refractivity contribution in [2.75, 3.05) is 13.6 Å². The lowest BCUT2D eigenvalue weighted by molar-refractivity contribution is -0.134. The van der Waals surface area contributed by atoms with Gasteiger partial charge in [0.15, 0.2) is 18.0 Å². The van der Waals surface area contributed by atoms with E-state index in [4.69, 9.17) is 8.83 Å². The number of amides is 1. The van der Waals surface area contributed by atoms with E-state index in [0.717, 1.165) is 5.69 Å². The van der Waals surface area contributed by atoms with Crippen LogP contribution in [0.15, 0.2) is 21.4 Å². The van der Waals surface area contributed by atoms with Crippen LogP contribution in [0.3, 0.4) is 0 Å². The van der Waals surface area contributed by atoms with Gasteiger partial charge in [-0.2, -0.15) is 0 Å². The third-order valence-electron chi connectivity index (χ3n) is 3.42. The fourth-order valence-corrected chi connectivity index (χ4v) is 2.42. The molecule has 1 atom stereocenters. The number of hydrogen-bond acceptors (Lipinski definition) is 6. The zero-order valence-corrected chi connectivity index (χ0v) is 11.4. The van der Waals surface area contributed by atoms with E-state index in [1.54, 1.807) is 25.1 Å². The van der Waals surface area contributed by atoms with Crippen molar-refractivity contribution in [3.8, 4) is 0 Å². The number of fused-ring (bicyclic) bond motifs is 1. The van der Waals surface area contributed by atoms with Gasteiger partial charge in [-0.05, 0) is 7.05 Å². The van der Waals surface area contributed by atoms with Gasteiger partial charge in [-0.1, -0.05) is 0 Å². The molecule has 0 fully saturated rings. The molecule has 3 heterocycles. The van der Waals surface area contributed by atoms with Crippen LogP contribution in [-0.2, 0) is 17.8 Å². The average Bonchev–Trinajstić information content (AvgIpc) is 3.02. The van der Waals surface area contributed by atoms with Gasteiger partial charge in [0.05, 0.1) is 18.4 Å². The second kappa shape index (κ2) is 5.09. The summed E-state index contributed by atoms with van der Waals surface area (Å²) < 4.78 is 10.8. The molecule has 1 aliphatic rings. The van der Waals surface area contributed by atoms with Crippen LogP contribution in [0.1, 0.15) is 29.1 Å². The van der Waals surface area contributed by atoms with Gasteiger partial charge in [-0.3, -0.25) is 4.79 Å². The number of nitrogens with one attached hydrogen (secondary N) is 1.